The Bertz CT molecular complexity index is 511. The summed E-state index contributed by atoms with van der Waals surface area (Å²) >= 11 is 0. The molecule has 3 fully saturated rings. The molecule has 8 heteroatoms. The Labute approximate surface area is 128 Å². The summed E-state index contributed by atoms with van der Waals surface area (Å²) in [6.07, 6.45) is 2.31. The lowest BCUT2D eigenvalue weighted by Crippen LogP contribution is -2.71. The Hall–Kier alpha value is -1.70. The largest absolute Gasteiger partial charge is 0.343 e. The molecular formula is C14H22N4O4. The first kappa shape index (κ1) is 15.2. The van der Waals surface area contributed by atoms with Gasteiger partial charge in [0, 0.05) is 29.2 Å². The van der Waals surface area contributed by atoms with E-state index in [2.05, 4.69) is 15.5 Å². The molecule has 2 heterocycles. The Morgan fingerprint density at radius 2 is 1.95 bits per heavy atom. The number of fused-ring (bicyclic) bond motifs is 1. The molecular weight excluding hydrogens is 288 g/mol. The molecule has 0 spiro atoms. The normalized spacial score (nSPS) is 42.5. The highest BCUT2D eigenvalue weighted by Crippen LogP contribution is 2.39. The van der Waals surface area contributed by atoms with Gasteiger partial charge < -0.3 is 15.5 Å². The zero-order valence-corrected chi connectivity index (χ0v) is 12.8. The van der Waals surface area contributed by atoms with Crippen LogP contribution in [0.15, 0.2) is 0 Å². The lowest BCUT2D eigenvalue weighted by Gasteiger charge is -2.48. The molecule has 0 aromatic carbocycles. The van der Waals surface area contributed by atoms with Gasteiger partial charge >= 0.3 is 11.8 Å². The number of amides is 2. The van der Waals surface area contributed by atoms with Gasteiger partial charge in [0.05, 0.1) is 12.1 Å². The van der Waals surface area contributed by atoms with Crippen LogP contribution in [0.1, 0.15) is 26.2 Å². The molecule has 3 aliphatic rings. The fourth-order valence-electron chi connectivity index (χ4n) is 4.56. The zero-order chi connectivity index (χ0) is 16.0. The van der Waals surface area contributed by atoms with E-state index >= 15 is 0 Å². The van der Waals surface area contributed by atoms with Crippen LogP contribution in [0, 0.1) is 22.0 Å². The predicted molar refractivity (Wildman–Crippen MR) is 77.6 cm³/mol. The van der Waals surface area contributed by atoms with Crippen molar-refractivity contribution >= 4 is 11.8 Å². The molecule has 0 aromatic rings. The number of nitro groups is 1. The van der Waals surface area contributed by atoms with E-state index in [1.165, 1.54) is 0 Å². The lowest BCUT2D eigenvalue weighted by molar-refractivity contribution is -0.538. The van der Waals surface area contributed by atoms with Crippen LogP contribution in [-0.4, -0.2) is 59.4 Å². The molecule has 8 nitrogen and oxygen atoms in total. The maximum atomic E-state index is 11.7. The van der Waals surface area contributed by atoms with E-state index in [0.29, 0.717) is 0 Å². The second-order valence-electron chi connectivity index (χ2n) is 6.79. The topological polar surface area (TPSA) is 105 Å². The van der Waals surface area contributed by atoms with Crippen LogP contribution in [0.4, 0.5) is 0 Å². The van der Waals surface area contributed by atoms with Gasteiger partial charge in [0.2, 0.25) is 6.04 Å². The number of piperazine rings is 1. The molecule has 0 bridgehead atoms. The SMILES string of the molecule is CC1C(C2CCCN2C)C2NC(=O)C(=O)NC2CC1[N+](=O)[O-]. The molecule has 22 heavy (non-hydrogen) atoms. The van der Waals surface area contributed by atoms with Gasteiger partial charge in [-0.05, 0) is 26.4 Å². The summed E-state index contributed by atoms with van der Waals surface area (Å²) in [5, 5.41) is 16.9. The summed E-state index contributed by atoms with van der Waals surface area (Å²) in [6, 6.07) is -1.05. The van der Waals surface area contributed by atoms with Crippen molar-refractivity contribution < 1.29 is 14.5 Å². The molecule has 0 radical (unpaired) electrons. The molecule has 1 saturated carbocycles. The minimum Gasteiger partial charge on any atom is -0.343 e. The third-order valence-electron chi connectivity index (χ3n) is 5.67. The van der Waals surface area contributed by atoms with Crippen LogP contribution >= 0.6 is 0 Å². The molecule has 122 valence electrons. The van der Waals surface area contributed by atoms with Gasteiger partial charge in [0.15, 0.2) is 0 Å². The molecule has 6 unspecified atom stereocenters. The quantitative estimate of drug-likeness (QED) is 0.401. The fourth-order valence-corrected chi connectivity index (χ4v) is 4.56. The Morgan fingerprint density at radius 3 is 2.55 bits per heavy atom. The molecule has 1 aliphatic carbocycles. The molecule has 3 rings (SSSR count). The van der Waals surface area contributed by atoms with Crippen LogP contribution in [0.2, 0.25) is 0 Å². The van der Waals surface area contributed by atoms with Crippen molar-refractivity contribution in [1.82, 2.24) is 15.5 Å². The van der Waals surface area contributed by atoms with E-state index in [4.69, 9.17) is 0 Å². The second kappa shape index (κ2) is 5.49. The maximum absolute atomic E-state index is 11.7. The van der Waals surface area contributed by atoms with Gasteiger partial charge in [-0.15, -0.1) is 0 Å². The van der Waals surface area contributed by atoms with Gasteiger partial charge in [0.1, 0.15) is 0 Å². The van der Waals surface area contributed by atoms with E-state index in [9.17, 15) is 19.7 Å². The molecule has 2 saturated heterocycles. The minimum atomic E-state index is -0.685. The molecule has 2 amide bonds. The van der Waals surface area contributed by atoms with Crippen LogP contribution in [0.5, 0.6) is 0 Å². The van der Waals surface area contributed by atoms with Gasteiger partial charge in [-0.25, -0.2) is 0 Å². The molecule has 6 atom stereocenters. The lowest BCUT2D eigenvalue weighted by atomic mass is 9.67. The Morgan fingerprint density at radius 1 is 1.27 bits per heavy atom. The molecule has 2 aliphatic heterocycles. The highest BCUT2D eigenvalue weighted by Gasteiger charge is 2.54. The van der Waals surface area contributed by atoms with Crippen LogP contribution in [0.3, 0.4) is 0 Å². The summed E-state index contributed by atoms with van der Waals surface area (Å²) in [4.78, 5) is 36.8. The van der Waals surface area contributed by atoms with Crippen molar-refractivity contribution in [1.29, 1.82) is 0 Å². The number of hydrogen-bond acceptors (Lipinski definition) is 5. The fraction of sp³-hybridized carbons (Fsp3) is 0.857. The standard InChI is InChI=1S/C14H22N4O4/c1-7-10(18(21)22)6-8-12(16-14(20)13(19)15-8)11(7)9-4-3-5-17(9)2/h7-12H,3-6H2,1-2H3,(H,15,19)(H,16,20). The van der Waals surface area contributed by atoms with Crippen LogP contribution in [-0.2, 0) is 9.59 Å². The van der Waals surface area contributed by atoms with Gasteiger partial charge in [-0.3, -0.25) is 19.7 Å². The Kier molecular flexibility index (Phi) is 3.80. The van der Waals surface area contributed by atoms with Crippen LogP contribution < -0.4 is 10.6 Å². The van der Waals surface area contributed by atoms with Crippen molar-refractivity contribution in [2.75, 3.05) is 13.6 Å². The average molecular weight is 310 g/mol. The minimum absolute atomic E-state index is 0.0220. The number of carbonyl (C=O) groups is 2. The number of likely N-dealkylation sites (tertiary alicyclic amines) is 1. The number of carbonyl (C=O) groups excluding carboxylic acids is 2. The van der Waals surface area contributed by atoms with E-state index in [1.54, 1.807) is 0 Å². The number of rotatable bonds is 2. The second-order valence-corrected chi connectivity index (χ2v) is 6.79. The monoisotopic (exact) mass is 310 g/mol. The highest BCUT2D eigenvalue weighted by molar-refractivity contribution is 6.35. The van der Waals surface area contributed by atoms with Crippen molar-refractivity contribution in [2.45, 2.75) is 50.4 Å². The maximum Gasteiger partial charge on any atom is 0.309 e. The van der Waals surface area contributed by atoms with Crippen molar-refractivity contribution in [2.24, 2.45) is 11.8 Å². The van der Waals surface area contributed by atoms with Crippen molar-refractivity contribution in [3.8, 4) is 0 Å². The highest BCUT2D eigenvalue weighted by atomic mass is 16.6. The van der Waals surface area contributed by atoms with Gasteiger partial charge in [0.25, 0.3) is 0 Å². The number of hydrogen-bond donors (Lipinski definition) is 2. The van der Waals surface area contributed by atoms with E-state index in [0.717, 1.165) is 19.4 Å². The zero-order valence-electron chi connectivity index (χ0n) is 12.8. The third kappa shape index (κ3) is 2.35. The Balaban J connectivity index is 1.92. The summed E-state index contributed by atoms with van der Waals surface area (Å²) in [5.41, 5.74) is 0. The van der Waals surface area contributed by atoms with Gasteiger partial charge in [-0.2, -0.15) is 0 Å². The summed E-state index contributed by atoms with van der Waals surface area (Å²) in [6.45, 7) is 2.87. The van der Waals surface area contributed by atoms with Crippen molar-refractivity contribution in [3.63, 3.8) is 0 Å². The van der Waals surface area contributed by atoms with E-state index < -0.39 is 17.9 Å². The van der Waals surface area contributed by atoms with Gasteiger partial charge in [-0.1, -0.05) is 6.92 Å². The summed E-state index contributed by atoms with van der Waals surface area (Å²) < 4.78 is 0. The first-order valence-corrected chi connectivity index (χ1v) is 7.85. The first-order chi connectivity index (χ1) is 10.4. The molecule has 0 aromatic heterocycles. The first-order valence-electron chi connectivity index (χ1n) is 7.85. The number of nitrogens with one attached hydrogen (secondary N) is 2. The summed E-state index contributed by atoms with van der Waals surface area (Å²) in [7, 11) is 2.03. The predicted octanol–water partition coefficient (Wildman–Crippen LogP) is -0.635. The third-order valence-corrected chi connectivity index (χ3v) is 5.67. The average Bonchev–Trinajstić information content (AvgIpc) is 2.86. The van der Waals surface area contributed by atoms with E-state index in [-0.39, 0.29) is 41.3 Å². The van der Waals surface area contributed by atoms with E-state index in [1.807, 2.05) is 14.0 Å². The summed E-state index contributed by atoms with van der Waals surface area (Å²) in [5.74, 6) is -1.47. The number of nitrogens with zero attached hydrogens (tertiary/aromatic N) is 2. The van der Waals surface area contributed by atoms with Crippen molar-refractivity contribution in [3.05, 3.63) is 10.1 Å². The molecule has 2 N–H and O–H groups in total. The van der Waals surface area contributed by atoms with Crippen LogP contribution in [0.25, 0.3) is 0 Å². The smallest absolute Gasteiger partial charge is 0.309 e.